The third-order valence-electron chi connectivity index (χ3n) is 11.8. The minimum Gasteiger partial charge on any atom is -0.479 e. The monoisotopic (exact) mass is 942 g/mol. The van der Waals surface area contributed by atoms with E-state index in [9.17, 15) is 33.9 Å². The lowest BCUT2D eigenvalue weighted by Crippen LogP contribution is -2.46. The number of nitrogens with one attached hydrogen (secondary N) is 2. The smallest absolute Gasteiger partial charge is 0.420 e. The van der Waals surface area contributed by atoms with E-state index in [1.54, 1.807) is 18.0 Å². The SMILES string of the molecule is CC1(C)C/C(=N/c2cccc(-c3sc(C(=O)O)c(OCC(=O)O)c3Cl)c2)CCN1SCc1cccc(NC(=O)CN2CCC(c3ccc4c(c3)oc(=O)n4C3CCC(=O)NC3=O)CC2)c1. The summed E-state index contributed by atoms with van der Waals surface area (Å²) in [4.78, 5) is 80.4. The maximum atomic E-state index is 13.2. The van der Waals surface area contributed by atoms with E-state index < -0.39 is 36.3 Å². The van der Waals surface area contributed by atoms with Crippen LogP contribution in [0.15, 0.2) is 80.9 Å². The summed E-state index contributed by atoms with van der Waals surface area (Å²) in [7, 11) is 0. The molecule has 0 aliphatic carbocycles. The van der Waals surface area contributed by atoms with Crippen LogP contribution in [0.4, 0.5) is 11.4 Å². The lowest BCUT2D eigenvalue weighted by molar-refractivity contribution is -0.139. The number of aliphatic imine (C=N–C) groups is 1. The fraction of sp³-hybridized carbons (Fsp3) is 0.370. The molecule has 1 unspecified atom stereocenters. The number of carbonyl (C=O) groups is 5. The Balaban J connectivity index is 0.815. The minimum absolute atomic E-state index is 0.0425. The summed E-state index contributed by atoms with van der Waals surface area (Å²) in [6.45, 7) is 6.15. The number of oxazole rings is 1. The van der Waals surface area contributed by atoms with Crippen molar-refractivity contribution in [3.05, 3.63) is 98.3 Å². The Morgan fingerprint density at radius 2 is 1.78 bits per heavy atom. The molecule has 0 bridgehead atoms. The number of benzene rings is 3. The van der Waals surface area contributed by atoms with E-state index in [1.165, 1.54) is 4.57 Å². The van der Waals surface area contributed by atoms with E-state index in [2.05, 4.69) is 39.8 Å². The quantitative estimate of drug-likeness (QED) is 0.0621. The summed E-state index contributed by atoms with van der Waals surface area (Å²) in [5.74, 6) is -3.30. The van der Waals surface area contributed by atoms with Crippen LogP contribution in [-0.4, -0.2) is 97.7 Å². The molecule has 19 heteroatoms. The van der Waals surface area contributed by atoms with Gasteiger partial charge in [0.2, 0.25) is 17.7 Å². The van der Waals surface area contributed by atoms with Crippen LogP contribution in [0.1, 0.15) is 85.1 Å². The fourth-order valence-electron chi connectivity index (χ4n) is 8.68. The summed E-state index contributed by atoms with van der Waals surface area (Å²) in [5.41, 5.74) is 5.94. The number of aliphatic carboxylic acids is 1. The standard InChI is InChI=1S/C46H47ClN6O10S2/c1-46(2)22-32(48-31-8-4-6-29(20-31)41-39(47)40(62-24-38(56)57)42(65-41)44(59)60)15-18-52(46)64-25-26-5-3-7-30(19-26)49-37(55)23-51-16-13-27(14-17-51)28-9-10-33-35(21-28)63-45(61)53(33)34-11-12-36(54)50-43(34)58/h3-10,19-21,27,34H,11-18,22-25H2,1-2H3,(H,49,55)(H,56,57)(H,59,60)(H,50,54,58)/b48-32+. The Hall–Kier alpha value is -5.79. The number of carboxylic acid groups (broad SMARTS) is 2. The molecule has 340 valence electrons. The zero-order valence-electron chi connectivity index (χ0n) is 35.6. The number of likely N-dealkylation sites (tertiary alicyclic amines) is 1. The van der Waals surface area contributed by atoms with Crippen molar-refractivity contribution in [2.45, 2.75) is 75.6 Å². The topological polar surface area (TPSA) is 213 Å². The lowest BCUT2D eigenvalue weighted by atomic mass is 9.89. The molecule has 0 spiro atoms. The number of carbonyl (C=O) groups excluding carboxylic acids is 3. The number of nitrogens with zero attached hydrogens (tertiary/aromatic N) is 4. The predicted octanol–water partition coefficient (Wildman–Crippen LogP) is 7.73. The average molecular weight is 944 g/mol. The maximum Gasteiger partial charge on any atom is 0.420 e. The van der Waals surface area contributed by atoms with Gasteiger partial charge < -0.3 is 24.7 Å². The van der Waals surface area contributed by atoms with Gasteiger partial charge in [-0.3, -0.25) is 34.2 Å². The molecule has 0 radical (unpaired) electrons. The van der Waals surface area contributed by atoms with Crippen molar-refractivity contribution in [2.24, 2.45) is 4.99 Å². The number of aromatic carboxylic acids is 1. The second kappa shape index (κ2) is 19.4. The molecule has 5 aromatic rings. The van der Waals surface area contributed by atoms with Crippen LogP contribution in [0, 0.1) is 0 Å². The molecule has 3 saturated heterocycles. The Labute approximate surface area is 386 Å². The molecular weight excluding hydrogens is 896 g/mol. The Morgan fingerprint density at radius 1 is 1.00 bits per heavy atom. The summed E-state index contributed by atoms with van der Waals surface area (Å²) in [6.07, 6.45) is 3.53. The molecule has 0 saturated carbocycles. The van der Waals surface area contributed by atoms with Crippen molar-refractivity contribution < 1.29 is 43.3 Å². The number of hydrogen-bond donors (Lipinski definition) is 4. The second-order valence-corrected chi connectivity index (χ2v) is 19.4. The van der Waals surface area contributed by atoms with Crippen LogP contribution >= 0.6 is 34.9 Å². The molecule has 4 N–H and O–H groups in total. The van der Waals surface area contributed by atoms with E-state index in [-0.39, 0.29) is 58.3 Å². The molecule has 16 nitrogen and oxygen atoms in total. The van der Waals surface area contributed by atoms with Crippen molar-refractivity contribution in [3.8, 4) is 16.2 Å². The van der Waals surface area contributed by atoms with Gasteiger partial charge in [0.25, 0.3) is 0 Å². The molecular formula is C46H47ClN6O10S2. The maximum absolute atomic E-state index is 13.2. The summed E-state index contributed by atoms with van der Waals surface area (Å²) >= 11 is 9.19. The highest BCUT2D eigenvalue weighted by Crippen LogP contribution is 2.46. The number of carboxylic acids is 2. The lowest BCUT2D eigenvalue weighted by Gasteiger charge is -2.42. The number of thiophene rings is 1. The third kappa shape index (κ3) is 10.5. The number of aromatic nitrogens is 1. The van der Waals surface area contributed by atoms with Crippen LogP contribution < -0.4 is 21.1 Å². The highest BCUT2D eigenvalue weighted by Gasteiger charge is 2.34. The van der Waals surface area contributed by atoms with Crippen LogP contribution in [-0.2, 0) is 24.9 Å². The van der Waals surface area contributed by atoms with Crippen molar-refractivity contribution in [2.75, 3.05) is 38.1 Å². The van der Waals surface area contributed by atoms with E-state index in [0.717, 1.165) is 79.2 Å². The van der Waals surface area contributed by atoms with Crippen molar-refractivity contribution >= 4 is 92.7 Å². The van der Waals surface area contributed by atoms with Gasteiger partial charge in [0.05, 0.1) is 22.6 Å². The fourth-order valence-corrected chi connectivity index (χ4v) is 11.2. The Kier molecular flexibility index (Phi) is 13.6. The number of piperidine rings is 3. The Morgan fingerprint density at radius 3 is 2.52 bits per heavy atom. The number of hydrogen-bond acceptors (Lipinski definition) is 13. The first kappa shape index (κ1) is 45.8. The van der Waals surface area contributed by atoms with Gasteiger partial charge >= 0.3 is 17.7 Å². The normalized spacial score (nSPS) is 19.1. The molecule has 65 heavy (non-hydrogen) atoms. The molecule has 3 aromatic carbocycles. The van der Waals surface area contributed by atoms with Gasteiger partial charge in [-0.15, -0.1) is 11.3 Å². The highest BCUT2D eigenvalue weighted by atomic mass is 35.5. The molecule has 1 atom stereocenters. The van der Waals surface area contributed by atoms with Crippen molar-refractivity contribution in [1.82, 2.24) is 19.1 Å². The predicted molar refractivity (Wildman–Crippen MR) is 249 cm³/mol. The number of rotatable bonds is 14. The first-order valence-electron chi connectivity index (χ1n) is 21.2. The van der Waals surface area contributed by atoms with Gasteiger partial charge in [0, 0.05) is 42.1 Å². The average Bonchev–Trinajstić information content (AvgIpc) is 3.77. The number of amides is 3. The molecule has 3 amide bonds. The Bertz CT molecular complexity index is 2770. The summed E-state index contributed by atoms with van der Waals surface area (Å²) < 4.78 is 14.5. The van der Waals surface area contributed by atoms with Crippen molar-refractivity contribution in [3.63, 3.8) is 0 Å². The van der Waals surface area contributed by atoms with E-state index >= 15 is 0 Å². The third-order valence-corrected chi connectivity index (χ3v) is 15.0. The van der Waals surface area contributed by atoms with Crippen molar-refractivity contribution in [1.29, 1.82) is 0 Å². The van der Waals surface area contributed by atoms with E-state index in [1.807, 2.05) is 54.6 Å². The summed E-state index contributed by atoms with van der Waals surface area (Å²) in [6, 6.07) is 20.1. The largest absolute Gasteiger partial charge is 0.479 e. The number of ether oxygens (including phenoxy) is 1. The number of anilines is 1. The van der Waals surface area contributed by atoms with Gasteiger partial charge in [-0.2, -0.15) is 0 Å². The number of fused-ring (bicyclic) bond motifs is 1. The zero-order chi connectivity index (χ0) is 46.0. The van der Waals surface area contributed by atoms with Gasteiger partial charge in [-0.25, -0.2) is 18.7 Å². The molecule has 3 aliphatic rings. The van der Waals surface area contributed by atoms with Crippen LogP contribution in [0.2, 0.25) is 5.02 Å². The molecule has 3 fully saturated rings. The molecule has 2 aromatic heterocycles. The van der Waals surface area contributed by atoms with Gasteiger partial charge in [0.15, 0.2) is 22.8 Å². The van der Waals surface area contributed by atoms with Gasteiger partial charge in [-0.1, -0.05) is 53.9 Å². The number of imide groups is 1. The van der Waals surface area contributed by atoms with E-state index in [4.69, 9.17) is 30.9 Å². The first-order chi connectivity index (χ1) is 31.1. The van der Waals surface area contributed by atoms with Crippen LogP contribution in [0.3, 0.4) is 0 Å². The first-order valence-corrected chi connectivity index (χ1v) is 23.3. The molecule has 8 rings (SSSR count). The minimum atomic E-state index is -1.26. The number of halogens is 1. The van der Waals surface area contributed by atoms with Crippen LogP contribution in [0.5, 0.6) is 5.75 Å². The summed E-state index contributed by atoms with van der Waals surface area (Å²) in [5, 5.41) is 24.2. The van der Waals surface area contributed by atoms with E-state index in [0.29, 0.717) is 33.0 Å². The zero-order valence-corrected chi connectivity index (χ0v) is 38.0. The molecule has 5 heterocycles. The molecule has 3 aliphatic heterocycles. The van der Waals surface area contributed by atoms with Gasteiger partial charge in [-0.05, 0) is 112 Å². The highest BCUT2D eigenvalue weighted by molar-refractivity contribution is 7.96. The second-order valence-electron chi connectivity index (χ2n) is 17.0. The van der Waals surface area contributed by atoms with Crippen LogP contribution in [0.25, 0.3) is 21.5 Å². The van der Waals surface area contributed by atoms with Gasteiger partial charge in [0.1, 0.15) is 11.1 Å².